The van der Waals surface area contributed by atoms with Gasteiger partial charge in [-0.2, -0.15) is 13.2 Å². The lowest BCUT2D eigenvalue weighted by atomic mass is 10.1. The van der Waals surface area contributed by atoms with E-state index in [0.717, 1.165) is 20.5 Å². The molecule has 156 valence electrons. The second kappa shape index (κ2) is 7.73. The first-order valence-corrected chi connectivity index (χ1v) is 9.71. The van der Waals surface area contributed by atoms with Crippen molar-refractivity contribution in [2.75, 3.05) is 0 Å². The van der Waals surface area contributed by atoms with Crippen LogP contribution < -0.4 is 11.2 Å². The van der Waals surface area contributed by atoms with Gasteiger partial charge in [-0.25, -0.2) is 9.59 Å². The van der Waals surface area contributed by atoms with Crippen LogP contribution in [0.25, 0.3) is 10.2 Å². The molecular formula is C18H23F3N2O4S. The van der Waals surface area contributed by atoms with Crippen molar-refractivity contribution >= 4 is 27.5 Å². The van der Waals surface area contributed by atoms with E-state index in [1.54, 1.807) is 34.6 Å². The molecule has 0 atom stereocenters. The number of carbonyl (C=O) groups is 1. The highest BCUT2D eigenvalue weighted by Gasteiger charge is 2.30. The Hall–Kier alpha value is -2.10. The SMILES string of the molecule is CCc1c(C(=O)OC(C)(C)C)sc2c1c(=O)n(CC)c(=O)n2CCC(F)(F)F. The molecule has 0 aliphatic heterocycles. The van der Waals surface area contributed by atoms with Crippen molar-refractivity contribution in [3.8, 4) is 0 Å². The summed E-state index contributed by atoms with van der Waals surface area (Å²) in [5.74, 6) is -0.664. The normalized spacial score (nSPS) is 12.6. The van der Waals surface area contributed by atoms with Crippen LogP contribution in [0.4, 0.5) is 13.2 Å². The summed E-state index contributed by atoms with van der Waals surface area (Å²) in [5.41, 5.74) is -1.81. The number of halogens is 3. The number of hydrogen-bond donors (Lipinski definition) is 0. The van der Waals surface area contributed by atoms with Gasteiger partial charge in [-0.1, -0.05) is 6.92 Å². The van der Waals surface area contributed by atoms with Crippen LogP contribution in [0, 0.1) is 0 Å². The van der Waals surface area contributed by atoms with E-state index >= 15 is 0 Å². The van der Waals surface area contributed by atoms with Crippen LogP contribution in [0.5, 0.6) is 0 Å². The van der Waals surface area contributed by atoms with Crippen LogP contribution in [0.3, 0.4) is 0 Å². The monoisotopic (exact) mass is 420 g/mol. The smallest absolute Gasteiger partial charge is 0.390 e. The van der Waals surface area contributed by atoms with Gasteiger partial charge < -0.3 is 4.74 Å². The van der Waals surface area contributed by atoms with Crippen LogP contribution in [-0.2, 0) is 24.2 Å². The molecule has 0 saturated heterocycles. The molecule has 0 aliphatic carbocycles. The second-order valence-corrected chi connectivity index (χ2v) is 8.29. The summed E-state index contributed by atoms with van der Waals surface area (Å²) < 4.78 is 45.4. The summed E-state index contributed by atoms with van der Waals surface area (Å²) >= 11 is 0.830. The Morgan fingerprint density at radius 3 is 2.18 bits per heavy atom. The van der Waals surface area contributed by atoms with E-state index in [-0.39, 0.29) is 21.6 Å². The fourth-order valence-electron chi connectivity index (χ4n) is 2.86. The van der Waals surface area contributed by atoms with Gasteiger partial charge in [0.2, 0.25) is 0 Å². The van der Waals surface area contributed by atoms with Gasteiger partial charge in [-0.15, -0.1) is 11.3 Å². The molecule has 0 aromatic carbocycles. The summed E-state index contributed by atoms with van der Waals surface area (Å²) in [7, 11) is 0. The summed E-state index contributed by atoms with van der Waals surface area (Å²) in [6.45, 7) is 7.75. The van der Waals surface area contributed by atoms with Crippen LogP contribution >= 0.6 is 11.3 Å². The van der Waals surface area contributed by atoms with Crippen molar-refractivity contribution in [2.24, 2.45) is 0 Å². The minimum Gasteiger partial charge on any atom is -0.456 e. The molecule has 0 unspecified atom stereocenters. The van der Waals surface area contributed by atoms with Crippen molar-refractivity contribution < 1.29 is 22.7 Å². The molecule has 0 aliphatic rings. The molecular weight excluding hydrogens is 397 g/mol. The Labute approximate surface area is 163 Å². The number of aromatic nitrogens is 2. The number of fused-ring (bicyclic) bond motifs is 1. The zero-order chi connectivity index (χ0) is 21.4. The fourth-order valence-corrected chi connectivity index (χ4v) is 4.14. The average Bonchev–Trinajstić information content (AvgIpc) is 2.92. The van der Waals surface area contributed by atoms with E-state index in [9.17, 15) is 27.6 Å². The predicted molar refractivity (Wildman–Crippen MR) is 101 cm³/mol. The van der Waals surface area contributed by atoms with Gasteiger partial charge in [0.1, 0.15) is 15.3 Å². The van der Waals surface area contributed by atoms with Crippen LogP contribution in [-0.4, -0.2) is 26.9 Å². The molecule has 0 spiro atoms. The Morgan fingerprint density at radius 1 is 1.11 bits per heavy atom. The van der Waals surface area contributed by atoms with Gasteiger partial charge in [0.05, 0.1) is 11.8 Å². The first-order valence-electron chi connectivity index (χ1n) is 8.89. The maximum absolute atomic E-state index is 12.8. The topological polar surface area (TPSA) is 70.3 Å². The van der Waals surface area contributed by atoms with Crippen molar-refractivity contribution in [3.05, 3.63) is 31.3 Å². The van der Waals surface area contributed by atoms with Crippen LogP contribution in [0.2, 0.25) is 0 Å². The summed E-state index contributed by atoms with van der Waals surface area (Å²) in [5, 5.41) is 0.108. The zero-order valence-corrected chi connectivity index (χ0v) is 17.2. The molecule has 2 rings (SSSR count). The number of esters is 1. The maximum Gasteiger partial charge on any atom is 0.390 e. The summed E-state index contributed by atoms with van der Waals surface area (Å²) in [6, 6.07) is 0. The number of nitrogens with zero attached hydrogens (tertiary/aromatic N) is 2. The molecule has 0 amide bonds. The van der Waals surface area contributed by atoms with Crippen molar-refractivity contribution in [2.45, 2.75) is 72.3 Å². The second-order valence-electron chi connectivity index (χ2n) is 7.29. The van der Waals surface area contributed by atoms with Crippen molar-refractivity contribution in [3.63, 3.8) is 0 Å². The van der Waals surface area contributed by atoms with Crippen molar-refractivity contribution in [1.29, 1.82) is 0 Å². The zero-order valence-electron chi connectivity index (χ0n) is 16.4. The molecule has 10 heteroatoms. The molecule has 0 saturated carbocycles. The third kappa shape index (κ3) is 4.48. The molecule has 0 N–H and O–H groups in total. The first kappa shape index (κ1) is 22.2. The number of aryl methyl sites for hydroxylation is 2. The number of hydrogen-bond acceptors (Lipinski definition) is 5. The Kier molecular flexibility index (Phi) is 6.13. The average molecular weight is 420 g/mol. The third-order valence-corrected chi connectivity index (χ3v) is 5.26. The third-order valence-electron chi connectivity index (χ3n) is 4.03. The standard InChI is InChI=1S/C18H23F3N2O4S/c1-6-10-11-13(24)22(7-2)16(26)23(9-8-18(19,20)21)14(11)28-12(10)15(25)27-17(3,4)5/h6-9H2,1-5H3. The van der Waals surface area contributed by atoms with Gasteiger partial charge in [0.15, 0.2) is 0 Å². The molecule has 6 nitrogen and oxygen atoms in total. The number of rotatable bonds is 5. The summed E-state index contributed by atoms with van der Waals surface area (Å²) in [4.78, 5) is 38.2. The fraction of sp³-hybridized carbons (Fsp3) is 0.611. The Bertz CT molecular complexity index is 1010. The van der Waals surface area contributed by atoms with Crippen LogP contribution in [0.15, 0.2) is 9.59 Å². The minimum absolute atomic E-state index is 0.0143. The predicted octanol–water partition coefficient (Wildman–Crippen LogP) is 3.71. The van der Waals surface area contributed by atoms with E-state index < -0.39 is 42.0 Å². The lowest BCUT2D eigenvalue weighted by Crippen LogP contribution is -2.40. The van der Waals surface area contributed by atoms with Crippen molar-refractivity contribution in [1.82, 2.24) is 9.13 Å². The maximum atomic E-state index is 12.8. The van der Waals surface area contributed by atoms with E-state index in [1.807, 2.05) is 0 Å². The highest BCUT2D eigenvalue weighted by atomic mass is 32.1. The van der Waals surface area contributed by atoms with Gasteiger partial charge in [0, 0.05) is 13.1 Å². The number of ether oxygens (including phenoxy) is 1. The van der Waals surface area contributed by atoms with Crippen LogP contribution in [0.1, 0.15) is 56.3 Å². The first-order chi connectivity index (χ1) is 12.8. The molecule has 28 heavy (non-hydrogen) atoms. The summed E-state index contributed by atoms with van der Waals surface area (Å²) in [6.07, 6.45) is -5.38. The molecule has 2 aromatic rings. The van der Waals surface area contributed by atoms with Gasteiger partial charge in [-0.3, -0.25) is 13.9 Å². The lowest BCUT2D eigenvalue weighted by molar-refractivity contribution is -0.136. The molecule has 2 aromatic heterocycles. The van der Waals surface area contributed by atoms with E-state index in [0.29, 0.717) is 12.0 Å². The molecule has 0 bridgehead atoms. The Morgan fingerprint density at radius 2 is 1.71 bits per heavy atom. The Balaban J connectivity index is 2.81. The lowest BCUT2D eigenvalue weighted by Gasteiger charge is -2.19. The van der Waals surface area contributed by atoms with E-state index in [4.69, 9.17) is 4.74 Å². The number of thiophene rings is 1. The van der Waals surface area contributed by atoms with E-state index in [1.165, 1.54) is 0 Å². The number of alkyl halides is 3. The largest absolute Gasteiger partial charge is 0.456 e. The quantitative estimate of drug-likeness (QED) is 0.692. The molecule has 0 radical (unpaired) electrons. The molecule has 0 fully saturated rings. The van der Waals surface area contributed by atoms with Gasteiger partial charge in [0.25, 0.3) is 5.56 Å². The number of carbonyl (C=O) groups excluding carboxylic acids is 1. The van der Waals surface area contributed by atoms with E-state index in [2.05, 4.69) is 0 Å². The highest BCUT2D eigenvalue weighted by Crippen LogP contribution is 2.31. The highest BCUT2D eigenvalue weighted by molar-refractivity contribution is 7.20. The molecule has 2 heterocycles. The van der Waals surface area contributed by atoms with Gasteiger partial charge >= 0.3 is 17.8 Å². The minimum atomic E-state index is -4.46. The van der Waals surface area contributed by atoms with Gasteiger partial charge in [-0.05, 0) is 39.7 Å².